The molecule has 0 aromatic heterocycles. The molecule has 17 heavy (non-hydrogen) atoms. The minimum atomic E-state index is -0.458. The van der Waals surface area contributed by atoms with Crippen LogP contribution in [0.2, 0.25) is 0 Å². The van der Waals surface area contributed by atoms with E-state index in [4.69, 9.17) is 0 Å². The second kappa shape index (κ2) is 6.03. The first kappa shape index (κ1) is 13.2. The second-order valence-electron chi connectivity index (χ2n) is 4.00. The van der Waals surface area contributed by atoms with Crippen molar-refractivity contribution < 1.29 is 14.3 Å². The van der Waals surface area contributed by atoms with Gasteiger partial charge in [0, 0.05) is 5.56 Å². The first-order chi connectivity index (χ1) is 8.06. The summed E-state index contributed by atoms with van der Waals surface area (Å²) in [5, 5.41) is 2.53. The number of carbonyl (C=O) groups is 2. The van der Waals surface area contributed by atoms with Gasteiger partial charge in [0.05, 0.1) is 7.11 Å². The zero-order chi connectivity index (χ0) is 12.8. The predicted molar refractivity (Wildman–Crippen MR) is 64.9 cm³/mol. The Kier molecular flexibility index (Phi) is 4.69. The SMILES string of the molecule is COC(=O)CNC(=O)c1ccccc1C(C)C. The second-order valence-corrected chi connectivity index (χ2v) is 4.00. The molecule has 0 aliphatic rings. The number of amides is 1. The fraction of sp³-hybridized carbons (Fsp3) is 0.385. The van der Waals surface area contributed by atoms with E-state index in [1.54, 1.807) is 12.1 Å². The van der Waals surface area contributed by atoms with E-state index in [1.807, 2.05) is 26.0 Å². The normalized spacial score (nSPS) is 10.1. The van der Waals surface area contributed by atoms with Crippen molar-refractivity contribution in [3.63, 3.8) is 0 Å². The molecule has 1 aromatic carbocycles. The van der Waals surface area contributed by atoms with Gasteiger partial charge >= 0.3 is 5.97 Å². The number of carbonyl (C=O) groups excluding carboxylic acids is 2. The Labute approximate surface area is 101 Å². The Morgan fingerprint density at radius 2 is 1.94 bits per heavy atom. The van der Waals surface area contributed by atoms with E-state index in [0.717, 1.165) is 5.56 Å². The number of rotatable bonds is 4. The van der Waals surface area contributed by atoms with Crippen molar-refractivity contribution >= 4 is 11.9 Å². The first-order valence-corrected chi connectivity index (χ1v) is 5.50. The number of methoxy groups -OCH3 is 1. The van der Waals surface area contributed by atoms with Gasteiger partial charge in [0.2, 0.25) is 0 Å². The molecule has 0 radical (unpaired) electrons. The molecule has 0 aliphatic heterocycles. The van der Waals surface area contributed by atoms with Gasteiger partial charge in [-0.1, -0.05) is 32.0 Å². The van der Waals surface area contributed by atoms with Crippen molar-refractivity contribution in [2.45, 2.75) is 19.8 Å². The third-order valence-electron chi connectivity index (χ3n) is 2.45. The average Bonchev–Trinajstić information content (AvgIpc) is 2.35. The van der Waals surface area contributed by atoms with Crippen molar-refractivity contribution in [3.8, 4) is 0 Å². The molecule has 92 valence electrons. The monoisotopic (exact) mass is 235 g/mol. The standard InChI is InChI=1S/C13H17NO3/c1-9(2)10-6-4-5-7-11(10)13(16)14-8-12(15)17-3/h4-7,9H,8H2,1-3H3,(H,14,16). The van der Waals surface area contributed by atoms with Gasteiger partial charge in [0.25, 0.3) is 5.91 Å². The van der Waals surface area contributed by atoms with Crippen molar-refractivity contribution in [2.24, 2.45) is 0 Å². The highest BCUT2D eigenvalue weighted by Crippen LogP contribution is 2.18. The topological polar surface area (TPSA) is 55.4 Å². The molecular weight excluding hydrogens is 218 g/mol. The lowest BCUT2D eigenvalue weighted by Crippen LogP contribution is -2.30. The molecule has 0 atom stereocenters. The van der Waals surface area contributed by atoms with E-state index in [2.05, 4.69) is 10.1 Å². The van der Waals surface area contributed by atoms with Crippen LogP contribution in [-0.4, -0.2) is 25.5 Å². The number of esters is 1. The smallest absolute Gasteiger partial charge is 0.325 e. The summed E-state index contributed by atoms with van der Waals surface area (Å²) < 4.78 is 4.46. The van der Waals surface area contributed by atoms with Gasteiger partial charge in [0.15, 0.2) is 0 Å². The Bertz CT molecular complexity index is 413. The molecule has 1 N–H and O–H groups in total. The summed E-state index contributed by atoms with van der Waals surface area (Å²) in [4.78, 5) is 22.8. The van der Waals surface area contributed by atoms with Crippen molar-refractivity contribution in [1.29, 1.82) is 0 Å². The molecule has 1 amide bonds. The van der Waals surface area contributed by atoms with Crippen LogP contribution in [0.15, 0.2) is 24.3 Å². The molecule has 0 fully saturated rings. The number of ether oxygens (including phenoxy) is 1. The zero-order valence-corrected chi connectivity index (χ0v) is 10.3. The largest absolute Gasteiger partial charge is 0.468 e. The number of nitrogens with one attached hydrogen (secondary N) is 1. The average molecular weight is 235 g/mol. The van der Waals surface area contributed by atoms with E-state index in [-0.39, 0.29) is 18.4 Å². The lowest BCUT2D eigenvalue weighted by atomic mass is 9.97. The molecule has 0 saturated heterocycles. The predicted octanol–water partition coefficient (Wildman–Crippen LogP) is 1.71. The van der Waals surface area contributed by atoms with Crippen LogP contribution < -0.4 is 5.32 Å². The van der Waals surface area contributed by atoms with Crippen molar-refractivity contribution in [3.05, 3.63) is 35.4 Å². The molecule has 4 nitrogen and oxygen atoms in total. The van der Waals surface area contributed by atoms with Gasteiger partial charge < -0.3 is 10.1 Å². The lowest BCUT2D eigenvalue weighted by Gasteiger charge is -2.12. The fourth-order valence-electron chi connectivity index (χ4n) is 1.53. The summed E-state index contributed by atoms with van der Waals surface area (Å²) in [6, 6.07) is 7.37. The van der Waals surface area contributed by atoms with Crippen LogP contribution in [0.3, 0.4) is 0 Å². The van der Waals surface area contributed by atoms with E-state index in [1.165, 1.54) is 7.11 Å². The Morgan fingerprint density at radius 1 is 1.29 bits per heavy atom. The number of hydrogen-bond donors (Lipinski definition) is 1. The van der Waals surface area contributed by atoms with Gasteiger partial charge in [0.1, 0.15) is 6.54 Å². The molecule has 0 bridgehead atoms. The summed E-state index contributed by atoms with van der Waals surface area (Å²) in [5.41, 5.74) is 1.57. The van der Waals surface area contributed by atoms with Gasteiger partial charge in [-0.15, -0.1) is 0 Å². The maximum Gasteiger partial charge on any atom is 0.325 e. The maximum atomic E-state index is 11.9. The van der Waals surface area contributed by atoms with Crippen LogP contribution >= 0.6 is 0 Å². The fourth-order valence-corrected chi connectivity index (χ4v) is 1.53. The summed E-state index contributed by atoms with van der Waals surface area (Å²) in [5.74, 6) is -0.449. The lowest BCUT2D eigenvalue weighted by molar-refractivity contribution is -0.139. The molecule has 4 heteroatoms. The van der Waals surface area contributed by atoms with Crippen LogP contribution in [0.25, 0.3) is 0 Å². The highest BCUT2D eigenvalue weighted by Gasteiger charge is 2.13. The maximum absolute atomic E-state index is 11.9. The summed E-state index contributed by atoms with van der Waals surface area (Å²) in [7, 11) is 1.29. The van der Waals surface area contributed by atoms with Gasteiger partial charge in [-0.05, 0) is 17.5 Å². The molecule has 1 rings (SSSR count). The number of hydrogen-bond acceptors (Lipinski definition) is 3. The van der Waals surface area contributed by atoms with E-state index in [0.29, 0.717) is 5.56 Å². The molecule has 0 unspecified atom stereocenters. The van der Waals surface area contributed by atoms with E-state index >= 15 is 0 Å². The quantitative estimate of drug-likeness (QED) is 0.808. The zero-order valence-electron chi connectivity index (χ0n) is 10.3. The molecule has 0 aliphatic carbocycles. The van der Waals surface area contributed by atoms with Gasteiger partial charge in [-0.3, -0.25) is 9.59 Å². The van der Waals surface area contributed by atoms with Crippen LogP contribution in [0, 0.1) is 0 Å². The van der Waals surface area contributed by atoms with Crippen molar-refractivity contribution in [2.75, 3.05) is 13.7 Å². The van der Waals surface area contributed by atoms with Crippen LogP contribution in [0.1, 0.15) is 35.7 Å². The van der Waals surface area contributed by atoms with E-state index < -0.39 is 5.97 Å². The number of benzene rings is 1. The third kappa shape index (κ3) is 3.59. The highest BCUT2D eigenvalue weighted by molar-refractivity contribution is 5.97. The summed E-state index contributed by atoms with van der Waals surface area (Å²) in [6.07, 6.45) is 0. The summed E-state index contributed by atoms with van der Waals surface area (Å²) in [6.45, 7) is 3.93. The van der Waals surface area contributed by atoms with Gasteiger partial charge in [-0.25, -0.2) is 0 Å². The minimum Gasteiger partial charge on any atom is -0.468 e. The Balaban J connectivity index is 2.78. The summed E-state index contributed by atoms with van der Waals surface area (Å²) >= 11 is 0. The molecular formula is C13H17NO3. The third-order valence-corrected chi connectivity index (χ3v) is 2.45. The van der Waals surface area contributed by atoms with Crippen LogP contribution in [-0.2, 0) is 9.53 Å². The Morgan fingerprint density at radius 3 is 2.53 bits per heavy atom. The van der Waals surface area contributed by atoms with E-state index in [9.17, 15) is 9.59 Å². The molecule has 0 spiro atoms. The van der Waals surface area contributed by atoms with Crippen LogP contribution in [0.5, 0.6) is 0 Å². The minimum absolute atomic E-state index is 0.109. The van der Waals surface area contributed by atoms with Crippen molar-refractivity contribution in [1.82, 2.24) is 5.32 Å². The molecule has 0 saturated carbocycles. The highest BCUT2D eigenvalue weighted by atomic mass is 16.5. The molecule has 1 aromatic rings. The molecule has 0 heterocycles. The Hall–Kier alpha value is -1.84. The first-order valence-electron chi connectivity index (χ1n) is 5.50. The van der Waals surface area contributed by atoms with Crippen LogP contribution in [0.4, 0.5) is 0 Å². The van der Waals surface area contributed by atoms with Gasteiger partial charge in [-0.2, -0.15) is 0 Å².